The van der Waals surface area contributed by atoms with Gasteiger partial charge in [-0.25, -0.2) is 0 Å². The van der Waals surface area contributed by atoms with E-state index in [4.69, 9.17) is 4.74 Å². The first-order valence-electron chi connectivity index (χ1n) is 7.29. The van der Waals surface area contributed by atoms with Gasteiger partial charge in [-0.05, 0) is 46.6 Å². The standard InChI is InChI=1S/C16H23BrN2O2/c1-11(2)12-9-13(15(21-4)14(17)10-12)16(20)19-7-5-18(3)6-8-19/h9-11H,5-8H2,1-4H3. The molecule has 0 atom stereocenters. The van der Waals surface area contributed by atoms with Gasteiger partial charge in [0.1, 0.15) is 5.75 Å². The SMILES string of the molecule is COc1c(Br)cc(C(C)C)cc1C(=O)N1CCN(C)CC1. The predicted octanol–water partition coefficient (Wildman–Crippen LogP) is 2.97. The van der Waals surface area contributed by atoms with E-state index in [0.717, 1.165) is 36.2 Å². The number of halogens is 1. The Balaban J connectivity index is 2.34. The number of ether oxygens (including phenoxy) is 1. The van der Waals surface area contributed by atoms with E-state index in [1.54, 1.807) is 7.11 Å². The van der Waals surface area contributed by atoms with E-state index in [9.17, 15) is 4.79 Å². The van der Waals surface area contributed by atoms with Crippen molar-refractivity contribution in [3.63, 3.8) is 0 Å². The van der Waals surface area contributed by atoms with Crippen LogP contribution in [-0.4, -0.2) is 56.0 Å². The summed E-state index contributed by atoms with van der Waals surface area (Å²) in [6.45, 7) is 7.61. The molecule has 1 aliphatic heterocycles. The van der Waals surface area contributed by atoms with E-state index in [1.165, 1.54) is 0 Å². The Morgan fingerprint density at radius 3 is 2.38 bits per heavy atom. The lowest BCUT2D eigenvalue weighted by Crippen LogP contribution is -2.47. The fourth-order valence-corrected chi connectivity index (χ4v) is 3.13. The molecule has 2 rings (SSSR count). The summed E-state index contributed by atoms with van der Waals surface area (Å²) in [5, 5.41) is 0. The van der Waals surface area contributed by atoms with Gasteiger partial charge in [-0.1, -0.05) is 13.8 Å². The highest BCUT2D eigenvalue weighted by Crippen LogP contribution is 2.34. The third kappa shape index (κ3) is 3.58. The highest BCUT2D eigenvalue weighted by Gasteiger charge is 2.25. The van der Waals surface area contributed by atoms with Crippen LogP contribution in [-0.2, 0) is 0 Å². The summed E-state index contributed by atoms with van der Waals surface area (Å²) in [7, 11) is 3.69. The number of amides is 1. The number of rotatable bonds is 3. The van der Waals surface area contributed by atoms with E-state index in [1.807, 2.05) is 17.0 Å². The fraction of sp³-hybridized carbons (Fsp3) is 0.562. The van der Waals surface area contributed by atoms with E-state index in [0.29, 0.717) is 17.2 Å². The zero-order valence-corrected chi connectivity index (χ0v) is 14.7. The third-order valence-electron chi connectivity index (χ3n) is 3.96. The minimum Gasteiger partial charge on any atom is -0.495 e. The molecule has 1 aromatic rings. The van der Waals surface area contributed by atoms with Gasteiger partial charge in [0.05, 0.1) is 17.1 Å². The Bertz CT molecular complexity index is 523. The molecule has 0 saturated carbocycles. The van der Waals surface area contributed by atoms with Crippen LogP contribution >= 0.6 is 15.9 Å². The first-order chi connectivity index (χ1) is 9.93. The predicted molar refractivity (Wildman–Crippen MR) is 88.2 cm³/mol. The molecule has 1 aromatic carbocycles. The van der Waals surface area contributed by atoms with Crippen molar-refractivity contribution in [3.05, 3.63) is 27.7 Å². The highest BCUT2D eigenvalue weighted by atomic mass is 79.9. The van der Waals surface area contributed by atoms with Gasteiger partial charge < -0.3 is 14.5 Å². The average molecular weight is 355 g/mol. The molecule has 0 bridgehead atoms. The molecule has 0 radical (unpaired) electrons. The molecule has 0 aliphatic carbocycles. The number of nitrogens with zero attached hydrogens (tertiary/aromatic N) is 2. The Morgan fingerprint density at radius 1 is 1.24 bits per heavy atom. The molecule has 1 aliphatic rings. The summed E-state index contributed by atoms with van der Waals surface area (Å²) in [5.41, 5.74) is 1.79. The molecule has 1 saturated heterocycles. The molecule has 0 unspecified atom stereocenters. The van der Waals surface area contributed by atoms with Crippen LogP contribution in [0.3, 0.4) is 0 Å². The third-order valence-corrected chi connectivity index (χ3v) is 4.55. The first-order valence-corrected chi connectivity index (χ1v) is 8.08. The largest absolute Gasteiger partial charge is 0.495 e. The number of carbonyl (C=O) groups excluding carboxylic acids is 1. The summed E-state index contributed by atoms with van der Waals surface area (Å²) < 4.78 is 6.28. The van der Waals surface area contributed by atoms with Crippen molar-refractivity contribution in [2.45, 2.75) is 19.8 Å². The number of likely N-dealkylation sites (N-methyl/N-ethyl adjacent to an activating group) is 1. The lowest BCUT2D eigenvalue weighted by atomic mass is 9.99. The van der Waals surface area contributed by atoms with Gasteiger partial charge >= 0.3 is 0 Å². The first kappa shape index (κ1) is 16.3. The number of carbonyl (C=O) groups is 1. The summed E-state index contributed by atoms with van der Waals surface area (Å²) >= 11 is 3.52. The maximum Gasteiger partial charge on any atom is 0.257 e. The number of piperazine rings is 1. The molecule has 5 heteroatoms. The van der Waals surface area contributed by atoms with Crippen molar-refractivity contribution in [2.75, 3.05) is 40.3 Å². The lowest BCUT2D eigenvalue weighted by molar-refractivity contribution is 0.0660. The minimum atomic E-state index is 0.0585. The van der Waals surface area contributed by atoms with Crippen molar-refractivity contribution < 1.29 is 9.53 Å². The van der Waals surface area contributed by atoms with E-state index in [-0.39, 0.29) is 5.91 Å². The molecule has 1 fully saturated rings. The van der Waals surface area contributed by atoms with Gasteiger partial charge in [0.25, 0.3) is 5.91 Å². The monoisotopic (exact) mass is 354 g/mol. The van der Waals surface area contributed by atoms with Crippen LogP contribution in [0.2, 0.25) is 0 Å². The van der Waals surface area contributed by atoms with Crippen molar-refractivity contribution in [1.82, 2.24) is 9.80 Å². The molecule has 21 heavy (non-hydrogen) atoms. The van der Waals surface area contributed by atoms with Gasteiger partial charge in [-0.3, -0.25) is 4.79 Å². The van der Waals surface area contributed by atoms with Crippen molar-refractivity contribution in [3.8, 4) is 5.75 Å². The van der Waals surface area contributed by atoms with Crippen molar-refractivity contribution in [2.24, 2.45) is 0 Å². The normalized spacial score (nSPS) is 16.4. The van der Waals surface area contributed by atoms with Gasteiger partial charge in [-0.15, -0.1) is 0 Å². The van der Waals surface area contributed by atoms with Gasteiger partial charge in [0, 0.05) is 26.2 Å². The second-order valence-electron chi connectivity index (χ2n) is 5.83. The van der Waals surface area contributed by atoms with Gasteiger partial charge in [0.2, 0.25) is 0 Å². The Labute approximate surface area is 135 Å². The smallest absolute Gasteiger partial charge is 0.257 e. The Hall–Kier alpha value is -1.07. The van der Waals surface area contributed by atoms with Gasteiger partial charge in [0.15, 0.2) is 0 Å². The number of hydrogen-bond acceptors (Lipinski definition) is 3. The number of methoxy groups -OCH3 is 1. The summed E-state index contributed by atoms with van der Waals surface area (Å²) in [6.07, 6.45) is 0. The Morgan fingerprint density at radius 2 is 1.86 bits per heavy atom. The maximum absolute atomic E-state index is 12.8. The number of hydrogen-bond donors (Lipinski definition) is 0. The fourth-order valence-electron chi connectivity index (χ4n) is 2.49. The molecule has 0 spiro atoms. The zero-order chi connectivity index (χ0) is 15.6. The van der Waals surface area contributed by atoms with E-state index in [2.05, 4.69) is 41.7 Å². The summed E-state index contributed by atoms with van der Waals surface area (Å²) in [6, 6.07) is 4.00. The summed E-state index contributed by atoms with van der Waals surface area (Å²) in [4.78, 5) is 17.0. The van der Waals surface area contributed by atoms with Crippen LogP contribution in [0.15, 0.2) is 16.6 Å². The van der Waals surface area contributed by atoms with Crippen LogP contribution in [0, 0.1) is 0 Å². The topological polar surface area (TPSA) is 32.8 Å². The maximum atomic E-state index is 12.8. The molecular formula is C16H23BrN2O2. The molecule has 116 valence electrons. The zero-order valence-electron chi connectivity index (χ0n) is 13.1. The highest BCUT2D eigenvalue weighted by molar-refractivity contribution is 9.10. The molecule has 1 amide bonds. The Kier molecular flexibility index (Phi) is 5.27. The van der Waals surface area contributed by atoms with Crippen LogP contribution in [0.25, 0.3) is 0 Å². The number of benzene rings is 1. The average Bonchev–Trinajstić information content (AvgIpc) is 2.46. The van der Waals surface area contributed by atoms with Gasteiger partial charge in [-0.2, -0.15) is 0 Å². The summed E-state index contributed by atoms with van der Waals surface area (Å²) in [5.74, 6) is 1.05. The van der Waals surface area contributed by atoms with Crippen molar-refractivity contribution >= 4 is 21.8 Å². The van der Waals surface area contributed by atoms with E-state index < -0.39 is 0 Å². The van der Waals surface area contributed by atoms with Crippen LogP contribution in [0.4, 0.5) is 0 Å². The van der Waals surface area contributed by atoms with Crippen LogP contribution in [0.1, 0.15) is 35.7 Å². The second kappa shape index (κ2) is 6.79. The molecule has 1 heterocycles. The van der Waals surface area contributed by atoms with Crippen LogP contribution in [0.5, 0.6) is 5.75 Å². The quantitative estimate of drug-likeness (QED) is 0.836. The molecular weight excluding hydrogens is 332 g/mol. The van der Waals surface area contributed by atoms with E-state index >= 15 is 0 Å². The van der Waals surface area contributed by atoms with Crippen molar-refractivity contribution in [1.29, 1.82) is 0 Å². The van der Waals surface area contributed by atoms with Crippen LogP contribution < -0.4 is 4.74 Å². The molecule has 4 nitrogen and oxygen atoms in total. The molecule has 0 aromatic heterocycles. The lowest BCUT2D eigenvalue weighted by Gasteiger charge is -2.33. The molecule has 0 N–H and O–H groups in total. The second-order valence-corrected chi connectivity index (χ2v) is 6.69. The minimum absolute atomic E-state index is 0.0585.